The largest absolute Gasteiger partial charge is 0.338 e. The molecule has 0 aliphatic rings. The zero-order valence-electron chi connectivity index (χ0n) is 11.4. The monoisotopic (exact) mass is 277 g/mol. The molecule has 0 atom stereocenters. The molecule has 1 heterocycles. The Hall–Kier alpha value is -2.93. The minimum absolute atomic E-state index is 0.344. The fourth-order valence-electron chi connectivity index (χ4n) is 2.25. The van der Waals surface area contributed by atoms with Gasteiger partial charge < -0.3 is 5.32 Å². The first-order valence-corrected chi connectivity index (χ1v) is 6.51. The molecule has 0 spiro atoms. The van der Waals surface area contributed by atoms with E-state index in [1.54, 1.807) is 12.1 Å². The number of nitriles is 1. The third-order valence-corrected chi connectivity index (χ3v) is 3.31. The first-order chi connectivity index (χ1) is 10.2. The molecule has 0 saturated carbocycles. The Bertz CT molecular complexity index is 845. The van der Waals surface area contributed by atoms with E-state index < -0.39 is 0 Å². The first kappa shape index (κ1) is 13.1. The highest BCUT2D eigenvalue weighted by Gasteiger charge is 2.09. The Labute approximate surface area is 121 Å². The number of halogens is 1. The van der Waals surface area contributed by atoms with Gasteiger partial charge in [0.1, 0.15) is 11.6 Å². The lowest BCUT2D eigenvalue weighted by molar-refractivity contribution is 0.631. The van der Waals surface area contributed by atoms with Crippen LogP contribution in [0.1, 0.15) is 11.1 Å². The average molecular weight is 277 g/mol. The maximum Gasteiger partial charge on any atom is 0.146 e. The summed E-state index contributed by atoms with van der Waals surface area (Å²) >= 11 is 0. The lowest BCUT2D eigenvalue weighted by Crippen LogP contribution is -1.99. The number of para-hydroxylation sites is 2. The van der Waals surface area contributed by atoms with Crippen molar-refractivity contribution in [2.24, 2.45) is 0 Å². The molecular weight excluding hydrogens is 265 g/mol. The topological polar surface area (TPSA) is 48.7 Å². The van der Waals surface area contributed by atoms with Gasteiger partial charge in [-0.15, -0.1) is 0 Å². The van der Waals surface area contributed by atoms with E-state index >= 15 is 0 Å². The van der Waals surface area contributed by atoms with E-state index in [9.17, 15) is 9.65 Å². The first-order valence-electron chi connectivity index (χ1n) is 6.51. The van der Waals surface area contributed by atoms with Crippen LogP contribution in [0.15, 0.2) is 48.5 Å². The van der Waals surface area contributed by atoms with E-state index in [4.69, 9.17) is 0 Å². The van der Waals surface area contributed by atoms with Crippen LogP contribution in [0.3, 0.4) is 0 Å². The Balaban J connectivity index is 2.12. The van der Waals surface area contributed by atoms with Gasteiger partial charge in [-0.25, -0.2) is 9.37 Å². The summed E-state index contributed by atoms with van der Waals surface area (Å²) in [5.41, 5.74) is 2.37. The van der Waals surface area contributed by atoms with Gasteiger partial charge in [-0.1, -0.05) is 30.3 Å². The number of nitrogens with zero attached hydrogens (tertiary/aromatic N) is 2. The molecule has 0 radical (unpaired) electrons. The predicted molar refractivity (Wildman–Crippen MR) is 80.9 cm³/mol. The molecule has 2 aromatic carbocycles. The van der Waals surface area contributed by atoms with Crippen molar-refractivity contribution in [2.75, 3.05) is 5.32 Å². The van der Waals surface area contributed by atoms with Crippen molar-refractivity contribution in [1.29, 1.82) is 5.26 Å². The van der Waals surface area contributed by atoms with E-state index in [-0.39, 0.29) is 5.82 Å². The molecule has 4 heteroatoms. The summed E-state index contributed by atoms with van der Waals surface area (Å²) in [6, 6.07) is 16.0. The summed E-state index contributed by atoms with van der Waals surface area (Å²) in [5.74, 6) is 0.113. The molecule has 0 aliphatic heterocycles. The van der Waals surface area contributed by atoms with Crippen molar-refractivity contribution in [1.82, 2.24) is 4.98 Å². The van der Waals surface area contributed by atoms with E-state index in [1.165, 1.54) is 6.07 Å². The average Bonchev–Trinajstić information content (AvgIpc) is 2.50. The molecule has 0 saturated heterocycles. The quantitative estimate of drug-likeness (QED) is 0.759. The van der Waals surface area contributed by atoms with Crippen LogP contribution in [0.2, 0.25) is 0 Å². The van der Waals surface area contributed by atoms with Crippen LogP contribution in [0.5, 0.6) is 0 Å². The fraction of sp³-hybridized carbons (Fsp3) is 0.0588. The normalized spacial score (nSPS) is 10.3. The third kappa shape index (κ3) is 2.41. The van der Waals surface area contributed by atoms with Crippen molar-refractivity contribution in [2.45, 2.75) is 6.92 Å². The number of nitrogens with one attached hydrogen (secondary N) is 1. The molecule has 3 nitrogen and oxygen atoms in total. The van der Waals surface area contributed by atoms with Crippen LogP contribution in [0, 0.1) is 24.1 Å². The summed E-state index contributed by atoms with van der Waals surface area (Å²) in [4.78, 5) is 4.43. The second-order valence-corrected chi connectivity index (χ2v) is 4.74. The standard InChI is InChI=1S/C17H12FN3/c1-11-5-4-7-14(18)17(11)21-16-9-12(10-19)13-6-2-3-8-15(13)20-16/h2-9H,1H3,(H,20,21). The number of hydrogen-bond donors (Lipinski definition) is 1. The van der Waals surface area contributed by atoms with E-state index in [0.717, 1.165) is 10.9 Å². The van der Waals surface area contributed by atoms with Gasteiger partial charge in [0.05, 0.1) is 22.8 Å². The van der Waals surface area contributed by atoms with Crippen molar-refractivity contribution in [3.05, 3.63) is 65.5 Å². The molecule has 1 N–H and O–H groups in total. The lowest BCUT2D eigenvalue weighted by Gasteiger charge is -2.11. The van der Waals surface area contributed by atoms with Crippen LogP contribution in [0.4, 0.5) is 15.9 Å². The summed E-state index contributed by atoms with van der Waals surface area (Å²) in [5, 5.41) is 13.0. The molecule has 3 rings (SSSR count). The number of hydrogen-bond acceptors (Lipinski definition) is 3. The smallest absolute Gasteiger partial charge is 0.146 e. The zero-order valence-corrected chi connectivity index (χ0v) is 11.4. The summed E-state index contributed by atoms with van der Waals surface area (Å²) in [6.07, 6.45) is 0. The van der Waals surface area contributed by atoms with Gasteiger partial charge in [-0.2, -0.15) is 5.26 Å². The minimum atomic E-state index is -0.344. The Morgan fingerprint density at radius 3 is 2.71 bits per heavy atom. The molecule has 0 aliphatic carbocycles. The summed E-state index contributed by atoms with van der Waals surface area (Å²) in [6.45, 7) is 1.82. The maximum atomic E-state index is 13.9. The van der Waals surface area contributed by atoms with Crippen molar-refractivity contribution in [3.63, 3.8) is 0 Å². The Kier molecular flexibility index (Phi) is 3.25. The van der Waals surface area contributed by atoms with Gasteiger partial charge in [-0.05, 0) is 30.7 Å². The highest BCUT2D eigenvalue weighted by atomic mass is 19.1. The molecule has 21 heavy (non-hydrogen) atoms. The predicted octanol–water partition coefficient (Wildman–Crippen LogP) is 4.30. The van der Waals surface area contributed by atoms with Crippen molar-refractivity contribution in [3.8, 4) is 6.07 Å². The highest BCUT2D eigenvalue weighted by Crippen LogP contribution is 2.26. The molecular formula is C17H12FN3. The van der Waals surface area contributed by atoms with Crippen molar-refractivity contribution < 1.29 is 4.39 Å². The SMILES string of the molecule is Cc1cccc(F)c1Nc1cc(C#N)c2ccccc2n1. The molecule has 102 valence electrons. The van der Waals surface area contributed by atoms with E-state index in [0.29, 0.717) is 22.6 Å². The van der Waals surface area contributed by atoms with Gasteiger partial charge in [0.2, 0.25) is 0 Å². The minimum Gasteiger partial charge on any atom is -0.338 e. The van der Waals surface area contributed by atoms with Gasteiger partial charge in [0, 0.05) is 5.39 Å². The van der Waals surface area contributed by atoms with Crippen LogP contribution in [0.25, 0.3) is 10.9 Å². The molecule has 0 fully saturated rings. The summed E-state index contributed by atoms with van der Waals surface area (Å²) < 4.78 is 13.9. The maximum absolute atomic E-state index is 13.9. The molecule has 0 amide bonds. The lowest BCUT2D eigenvalue weighted by atomic mass is 10.1. The number of aromatic nitrogens is 1. The molecule has 0 bridgehead atoms. The third-order valence-electron chi connectivity index (χ3n) is 3.31. The van der Waals surface area contributed by atoms with E-state index in [1.807, 2.05) is 37.3 Å². The number of anilines is 2. The number of fused-ring (bicyclic) bond motifs is 1. The van der Waals surface area contributed by atoms with Gasteiger partial charge in [0.15, 0.2) is 0 Å². The second kappa shape index (κ2) is 5.22. The van der Waals surface area contributed by atoms with Crippen LogP contribution >= 0.6 is 0 Å². The highest BCUT2D eigenvalue weighted by molar-refractivity contribution is 5.87. The van der Waals surface area contributed by atoms with E-state index in [2.05, 4.69) is 16.4 Å². The van der Waals surface area contributed by atoms with Gasteiger partial charge >= 0.3 is 0 Å². The number of benzene rings is 2. The number of aryl methyl sites for hydroxylation is 1. The van der Waals surface area contributed by atoms with Gasteiger partial charge in [0.25, 0.3) is 0 Å². The molecule has 3 aromatic rings. The zero-order chi connectivity index (χ0) is 14.8. The van der Waals surface area contributed by atoms with Crippen LogP contribution in [-0.4, -0.2) is 4.98 Å². The number of pyridine rings is 1. The molecule has 0 unspecified atom stereocenters. The fourth-order valence-corrected chi connectivity index (χ4v) is 2.25. The van der Waals surface area contributed by atoms with Crippen molar-refractivity contribution >= 4 is 22.4 Å². The molecule has 1 aromatic heterocycles. The van der Waals surface area contributed by atoms with Gasteiger partial charge in [-0.3, -0.25) is 0 Å². The Morgan fingerprint density at radius 2 is 1.95 bits per heavy atom. The summed E-state index contributed by atoms with van der Waals surface area (Å²) in [7, 11) is 0. The second-order valence-electron chi connectivity index (χ2n) is 4.74. The van der Waals surface area contributed by atoms with Crippen LogP contribution < -0.4 is 5.32 Å². The number of rotatable bonds is 2. The van der Waals surface area contributed by atoms with Crippen LogP contribution in [-0.2, 0) is 0 Å². The Morgan fingerprint density at radius 1 is 1.14 bits per heavy atom.